The van der Waals surface area contributed by atoms with Gasteiger partial charge >= 0.3 is 0 Å². The quantitative estimate of drug-likeness (QED) is 0.889. The molecule has 0 bridgehead atoms. The maximum Gasteiger partial charge on any atom is 0.293 e. The highest BCUT2D eigenvalue weighted by molar-refractivity contribution is 5.78. The van der Waals surface area contributed by atoms with Gasteiger partial charge in [0.05, 0.1) is 17.1 Å². The number of hydrogen-bond donors (Lipinski definition) is 1. The van der Waals surface area contributed by atoms with Crippen LogP contribution in [0.2, 0.25) is 0 Å². The van der Waals surface area contributed by atoms with Crippen molar-refractivity contribution < 1.29 is 9.90 Å². The fourth-order valence-corrected chi connectivity index (χ4v) is 3.17. The Kier molecular flexibility index (Phi) is 5.03. The normalized spacial score (nSPS) is 15.6. The summed E-state index contributed by atoms with van der Waals surface area (Å²) in [6, 6.07) is 7.47. The molecule has 0 atom stereocenters. The van der Waals surface area contributed by atoms with Gasteiger partial charge in [0.2, 0.25) is 5.91 Å². The highest BCUT2D eigenvalue weighted by Gasteiger charge is 2.21. The molecule has 3 rings (SSSR count). The maximum atomic E-state index is 12.8. The van der Waals surface area contributed by atoms with Crippen LogP contribution in [-0.4, -0.2) is 58.8 Å². The molecule has 1 fully saturated rings. The second-order valence-electron chi connectivity index (χ2n) is 6.64. The molecule has 134 valence electrons. The number of aliphatic hydroxyl groups excluding tert-OH is 1. The Morgan fingerprint density at radius 2 is 1.96 bits per heavy atom. The molecule has 2 heterocycles. The number of fused-ring (bicyclic) bond motifs is 1. The number of amides is 1. The molecule has 1 amide bonds. The summed E-state index contributed by atoms with van der Waals surface area (Å²) in [7, 11) is 3.57. The van der Waals surface area contributed by atoms with E-state index in [1.54, 1.807) is 28.5 Å². The van der Waals surface area contributed by atoms with E-state index < -0.39 is 0 Å². The minimum absolute atomic E-state index is 0.0195. The molecule has 0 spiro atoms. The number of hydrogen-bond acceptors (Lipinski definition) is 5. The second-order valence-corrected chi connectivity index (χ2v) is 6.64. The molecule has 0 unspecified atom stereocenters. The number of para-hydroxylation sites is 2. The number of nitrogens with zero attached hydrogens (tertiary/aromatic N) is 4. The van der Waals surface area contributed by atoms with Crippen LogP contribution in [0.25, 0.3) is 11.0 Å². The smallest absolute Gasteiger partial charge is 0.293 e. The van der Waals surface area contributed by atoms with Gasteiger partial charge in [-0.25, -0.2) is 4.98 Å². The largest absolute Gasteiger partial charge is 0.393 e. The van der Waals surface area contributed by atoms with Crippen LogP contribution in [0.15, 0.2) is 29.1 Å². The summed E-state index contributed by atoms with van der Waals surface area (Å²) in [5, 5.41) is 9.56. The minimum atomic E-state index is -0.307. The van der Waals surface area contributed by atoms with Crippen LogP contribution in [0.3, 0.4) is 0 Å². The lowest BCUT2D eigenvalue weighted by atomic mass is 10.1. The molecule has 1 aliphatic rings. The molecule has 0 saturated carbocycles. The van der Waals surface area contributed by atoms with E-state index in [1.165, 1.54) is 0 Å². The second kappa shape index (κ2) is 7.23. The van der Waals surface area contributed by atoms with Crippen molar-refractivity contribution in [2.24, 2.45) is 0 Å². The van der Waals surface area contributed by atoms with Crippen molar-refractivity contribution in [1.82, 2.24) is 14.5 Å². The van der Waals surface area contributed by atoms with Gasteiger partial charge in [-0.3, -0.25) is 9.59 Å². The Morgan fingerprint density at radius 1 is 1.28 bits per heavy atom. The number of carbonyl (C=O) groups excluding carboxylic acids is 1. The summed E-state index contributed by atoms with van der Waals surface area (Å²) in [5.74, 6) is 0.387. The first-order chi connectivity index (χ1) is 12.0. The molecular weight excluding hydrogens is 320 g/mol. The highest BCUT2D eigenvalue weighted by atomic mass is 16.3. The van der Waals surface area contributed by atoms with Gasteiger partial charge in [0.1, 0.15) is 0 Å². The molecule has 7 heteroatoms. The molecule has 2 aromatic rings. The van der Waals surface area contributed by atoms with E-state index in [4.69, 9.17) is 0 Å². The third-order valence-electron chi connectivity index (χ3n) is 4.63. The highest BCUT2D eigenvalue weighted by Crippen LogP contribution is 2.15. The number of anilines is 1. The van der Waals surface area contributed by atoms with E-state index in [0.29, 0.717) is 38.3 Å². The fourth-order valence-electron chi connectivity index (χ4n) is 3.17. The van der Waals surface area contributed by atoms with Crippen molar-refractivity contribution >= 4 is 22.8 Å². The van der Waals surface area contributed by atoms with Crippen LogP contribution in [0.4, 0.5) is 5.82 Å². The predicted molar refractivity (Wildman–Crippen MR) is 96.8 cm³/mol. The summed E-state index contributed by atoms with van der Waals surface area (Å²) in [5.41, 5.74) is 1.28. The fraction of sp³-hybridized carbons (Fsp3) is 0.500. The van der Waals surface area contributed by atoms with Gasteiger partial charge in [-0.05, 0) is 25.0 Å². The molecule has 1 aliphatic heterocycles. The Balaban J connectivity index is 1.84. The summed E-state index contributed by atoms with van der Waals surface area (Å²) >= 11 is 0. The Bertz CT molecular complexity index is 823. The maximum absolute atomic E-state index is 12.8. The van der Waals surface area contributed by atoms with Crippen LogP contribution in [0.5, 0.6) is 0 Å². The van der Waals surface area contributed by atoms with Crippen molar-refractivity contribution in [2.45, 2.75) is 31.9 Å². The van der Waals surface area contributed by atoms with Crippen LogP contribution >= 0.6 is 0 Å². The molecule has 0 radical (unpaired) electrons. The molecule has 1 aromatic heterocycles. The minimum Gasteiger partial charge on any atom is -0.393 e. The first-order valence-electron chi connectivity index (χ1n) is 8.60. The van der Waals surface area contributed by atoms with E-state index in [-0.39, 0.29) is 24.0 Å². The lowest BCUT2D eigenvalue weighted by Crippen LogP contribution is -2.40. The number of piperidine rings is 1. The molecule has 1 N–H and O–H groups in total. The number of carbonyl (C=O) groups is 1. The number of aromatic nitrogens is 2. The number of aliphatic hydroxyl groups is 1. The Labute approximate surface area is 146 Å². The predicted octanol–water partition coefficient (Wildman–Crippen LogP) is 0.836. The van der Waals surface area contributed by atoms with Crippen molar-refractivity contribution in [3.63, 3.8) is 0 Å². The average molecular weight is 344 g/mol. The number of rotatable bonds is 4. The Hall–Kier alpha value is -2.41. The zero-order valence-corrected chi connectivity index (χ0v) is 14.7. The van der Waals surface area contributed by atoms with Crippen LogP contribution in [-0.2, 0) is 11.3 Å². The molecule has 1 saturated heterocycles. The van der Waals surface area contributed by atoms with Gasteiger partial charge in [0.25, 0.3) is 5.56 Å². The number of benzene rings is 1. The van der Waals surface area contributed by atoms with E-state index in [9.17, 15) is 14.7 Å². The third kappa shape index (κ3) is 3.66. The zero-order valence-electron chi connectivity index (χ0n) is 14.7. The lowest BCUT2D eigenvalue weighted by molar-refractivity contribution is -0.133. The van der Waals surface area contributed by atoms with E-state index >= 15 is 0 Å². The summed E-state index contributed by atoms with van der Waals surface area (Å²) in [4.78, 5) is 33.1. The first-order valence-corrected chi connectivity index (χ1v) is 8.60. The van der Waals surface area contributed by atoms with Crippen molar-refractivity contribution in [3.8, 4) is 0 Å². The zero-order chi connectivity index (χ0) is 18.0. The summed E-state index contributed by atoms with van der Waals surface area (Å²) in [6.07, 6.45) is 1.19. The van der Waals surface area contributed by atoms with E-state index in [2.05, 4.69) is 4.98 Å². The monoisotopic (exact) mass is 344 g/mol. The SMILES string of the molecule is CN(C)c1nc2ccccc2n(CCC(=O)N2CCC(O)CC2)c1=O. The van der Waals surface area contributed by atoms with Gasteiger partial charge < -0.3 is 19.5 Å². The van der Waals surface area contributed by atoms with Crippen molar-refractivity contribution in [3.05, 3.63) is 34.6 Å². The molecule has 1 aromatic carbocycles. The standard InChI is InChI=1S/C18H24N4O3/c1-20(2)17-18(25)22(15-6-4-3-5-14(15)19-17)12-9-16(24)21-10-7-13(23)8-11-21/h3-6,13,23H,7-12H2,1-2H3. The van der Waals surface area contributed by atoms with Gasteiger partial charge in [-0.2, -0.15) is 0 Å². The van der Waals surface area contributed by atoms with Crippen molar-refractivity contribution in [1.29, 1.82) is 0 Å². The average Bonchev–Trinajstić information content (AvgIpc) is 2.60. The molecule has 7 nitrogen and oxygen atoms in total. The van der Waals surface area contributed by atoms with Gasteiger partial charge in [0, 0.05) is 40.2 Å². The van der Waals surface area contributed by atoms with Gasteiger partial charge in [-0.15, -0.1) is 0 Å². The van der Waals surface area contributed by atoms with E-state index in [1.807, 2.05) is 24.3 Å². The van der Waals surface area contributed by atoms with Crippen LogP contribution < -0.4 is 10.5 Å². The van der Waals surface area contributed by atoms with Gasteiger partial charge in [0.15, 0.2) is 5.82 Å². The molecular formula is C18H24N4O3. The summed E-state index contributed by atoms with van der Waals surface area (Å²) < 4.78 is 1.63. The third-order valence-corrected chi connectivity index (χ3v) is 4.63. The first kappa shape index (κ1) is 17.4. The van der Waals surface area contributed by atoms with Crippen LogP contribution in [0, 0.1) is 0 Å². The number of aryl methyl sites for hydroxylation is 1. The number of likely N-dealkylation sites (tertiary alicyclic amines) is 1. The van der Waals surface area contributed by atoms with E-state index in [0.717, 1.165) is 11.0 Å². The molecule has 0 aliphatic carbocycles. The molecule has 25 heavy (non-hydrogen) atoms. The topological polar surface area (TPSA) is 78.7 Å². The lowest BCUT2D eigenvalue weighted by Gasteiger charge is -2.29. The Morgan fingerprint density at radius 3 is 2.64 bits per heavy atom. The van der Waals surface area contributed by atoms with Gasteiger partial charge in [-0.1, -0.05) is 12.1 Å². The van der Waals surface area contributed by atoms with Crippen molar-refractivity contribution in [2.75, 3.05) is 32.1 Å². The summed E-state index contributed by atoms with van der Waals surface area (Å²) in [6.45, 7) is 1.48. The van der Waals surface area contributed by atoms with Crippen LogP contribution in [0.1, 0.15) is 19.3 Å².